The number of anilines is 1. The van der Waals surface area contributed by atoms with Gasteiger partial charge in [0.1, 0.15) is 5.75 Å². The molecular formula is C26H29N2O+. The third kappa shape index (κ3) is 3.65. The first-order valence-electron chi connectivity index (χ1n) is 10.1. The Balaban J connectivity index is 1.76. The summed E-state index contributed by atoms with van der Waals surface area (Å²) in [5.74, 6) is 0.991. The van der Waals surface area contributed by atoms with Crippen molar-refractivity contribution in [2.24, 2.45) is 0 Å². The molecule has 0 N–H and O–H groups in total. The van der Waals surface area contributed by atoms with Crippen LogP contribution in [0.2, 0.25) is 0 Å². The highest BCUT2D eigenvalue weighted by Gasteiger charge is 2.31. The Morgan fingerprint density at radius 2 is 1.62 bits per heavy atom. The van der Waals surface area contributed by atoms with Crippen molar-refractivity contribution >= 4 is 17.6 Å². The number of rotatable bonds is 4. The lowest BCUT2D eigenvalue weighted by atomic mass is 9.76. The monoisotopic (exact) mass is 385 g/mol. The predicted molar refractivity (Wildman–Crippen MR) is 121 cm³/mol. The molecular weight excluding hydrogens is 356 g/mol. The highest BCUT2D eigenvalue weighted by atomic mass is 16.5. The Morgan fingerprint density at radius 1 is 0.931 bits per heavy atom. The van der Waals surface area contributed by atoms with Gasteiger partial charge in [-0.2, -0.15) is 4.58 Å². The first-order valence-corrected chi connectivity index (χ1v) is 10.1. The highest BCUT2D eigenvalue weighted by molar-refractivity contribution is 5.83. The van der Waals surface area contributed by atoms with E-state index in [2.05, 4.69) is 117 Å². The normalized spacial score (nSPS) is 13.3. The Labute approximate surface area is 173 Å². The largest absolute Gasteiger partial charge is 0.435 e. The number of nitrogens with zero attached hydrogens (tertiary/aromatic N) is 2. The van der Waals surface area contributed by atoms with Crippen LogP contribution in [0.4, 0.5) is 11.4 Å². The third-order valence-corrected chi connectivity index (χ3v) is 5.77. The van der Waals surface area contributed by atoms with E-state index in [4.69, 9.17) is 4.74 Å². The summed E-state index contributed by atoms with van der Waals surface area (Å²) in [5, 5.41) is 0. The minimum Gasteiger partial charge on any atom is -0.435 e. The van der Waals surface area contributed by atoms with E-state index in [-0.39, 0.29) is 5.41 Å². The first-order chi connectivity index (χ1) is 13.9. The molecule has 1 aliphatic rings. The van der Waals surface area contributed by atoms with Crippen molar-refractivity contribution in [1.29, 1.82) is 0 Å². The van der Waals surface area contributed by atoms with Gasteiger partial charge in [-0.05, 0) is 36.2 Å². The van der Waals surface area contributed by atoms with Gasteiger partial charge in [0.25, 0.3) is 6.73 Å². The molecule has 0 atom stereocenters. The molecule has 3 aromatic carbocycles. The molecule has 0 unspecified atom stereocenters. The summed E-state index contributed by atoms with van der Waals surface area (Å²) in [5.41, 5.74) is 7.08. The van der Waals surface area contributed by atoms with Crippen LogP contribution in [-0.2, 0) is 5.41 Å². The number of aryl methyl sites for hydroxylation is 1. The average molecular weight is 386 g/mol. The molecule has 0 spiro atoms. The maximum absolute atomic E-state index is 6.35. The number of ether oxygens (including phenoxy) is 1. The van der Waals surface area contributed by atoms with E-state index in [0.29, 0.717) is 6.73 Å². The van der Waals surface area contributed by atoms with E-state index in [1.165, 1.54) is 22.4 Å². The van der Waals surface area contributed by atoms with Gasteiger partial charge in [0, 0.05) is 42.9 Å². The van der Waals surface area contributed by atoms with Gasteiger partial charge >= 0.3 is 0 Å². The summed E-state index contributed by atoms with van der Waals surface area (Å²) in [6.07, 6.45) is 2.21. The van der Waals surface area contributed by atoms with Gasteiger partial charge in [-0.1, -0.05) is 50.2 Å². The summed E-state index contributed by atoms with van der Waals surface area (Å²) >= 11 is 0. The van der Waals surface area contributed by atoms with E-state index in [0.717, 1.165) is 17.0 Å². The fourth-order valence-corrected chi connectivity index (χ4v) is 3.96. The predicted octanol–water partition coefficient (Wildman–Crippen LogP) is 5.50. The smallest absolute Gasteiger partial charge is 0.292 e. The van der Waals surface area contributed by atoms with Crippen LogP contribution in [0.1, 0.15) is 36.1 Å². The molecule has 3 aromatic rings. The van der Waals surface area contributed by atoms with Crippen molar-refractivity contribution < 1.29 is 9.31 Å². The lowest BCUT2D eigenvalue weighted by Crippen LogP contribution is -2.26. The fourth-order valence-electron chi connectivity index (χ4n) is 3.96. The van der Waals surface area contributed by atoms with E-state index < -0.39 is 0 Å². The Morgan fingerprint density at radius 3 is 2.28 bits per heavy atom. The first kappa shape index (κ1) is 19.3. The van der Waals surface area contributed by atoms with Crippen LogP contribution in [0.15, 0.2) is 66.7 Å². The van der Waals surface area contributed by atoms with E-state index >= 15 is 0 Å². The molecule has 29 heavy (non-hydrogen) atoms. The second kappa shape index (κ2) is 7.40. The van der Waals surface area contributed by atoms with Crippen LogP contribution in [0.25, 0.3) is 0 Å². The Kier molecular flexibility index (Phi) is 4.91. The minimum atomic E-state index is -0.138. The summed E-state index contributed by atoms with van der Waals surface area (Å²) in [7, 11) is 4.11. The SMILES string of the molecule is Cc1cc2c(c(C(C)(C)c3ccccc3)c1)OC[N+](c1ccc(N(C)C)cc1)=C2. The second-order valence-corrected chi connectivity index (χ2v) is 8.51. The van der Waals surface area contributed by atoms with Gasteiger partial charge in [-0.15, -0.1) is 0 Å². The molecule has 4 rings (SSSR count). The molecule has 3 nitrogen and oxygen atoms in total. The fraction of sp³-hybridized carbons (Fsp3) is 0.269. The summed E-state index contributed by atoms with van der Waals surface area (Å²) < 4.78 is 8.51. The van der Waals surface area contributed by atoms with E-state index in [9.17, 15) is 0 Å². The van der Waals surface area contributed by atoms with Crippen LogP contribution < -0.4 is 9.64 Å². The number of hydrogen-bond donors (Lipinski definition) is 0. The maximum Gasteiger partial charge on any atom is 0.292 e. The van der Waals surface area contributed by atoms with Gasteiger partial charge in [0.15, 0.2) is 6.21 Å². The van der Waals surface area contributed by atoms with Crippen LogP contribution in [0.5, 0.6) is 5.75 Å². The quantitative estimate of drug-likeness (QED) is 0.551. The van der Waals surface area contributed by atoms with Crippen molar-refractivity contribution in [2.45, 2.75) is 26.2 Å². The number of hydrogen-bond acceptors (Lipinski definition) is 2. The van der Waals surface area contributed by atoms with Crippen molar-refractivity contribution in [3.8, 4) is 5.75 Å². The van der Waals surface area contributed by atoms with E-state index in [1.54, 1.807) is 0 Å². The molecule has 1 aliphatic heterocycles. The zero-order chi connectivity index (χ0) is 20.6. The molecule has 0 bridgehead atoms. The van der Waals surface area contributed by atoms with Gasteiger partial charge in [0.2, 0.25) is 5.69 Å². The second-order valence-electron chi connectivity index (χ2n) is 8.51. The van der Waals surface area contributed by atoms with Gasteiger partial charge in [-0.3, -0.25) is 0 Å². The van der Waals surface area contributed by atoms with Crippen molar-refractivity contribution in [1.82, 2.24) is 0 Å². The maximum atomic E-state index is 6.35. The molecule has 0 saturated heterocycles. The van der Waals surface area contributed by atoms with Crippen LogP contribution in [0, 0.1) is 6.92 Å². The molecule has 0 saturated carbocycles. The molecule has 0 fully saturated rings. The van der Waals surface area contributed by atoms with E-state index in [1.807, 2.05) is 0 Å². The van der Waals surface area contributed by atoms with Crippen LogP contribution >= 0.6 is 0 Å². The zero-order valence-corrected chi connectivity index (χ0v) is 17.9. The molecule has 148 valence electrons. The van der Waals surface area contributed by atoms with Crippen molar-refractivity contribution in [3.63, 3.8) is 0 Å². The highest BCUT2D eigenvalue weighted by Crippen LogP contribution is 2.40. The number of fused-ring (bicyclic) bond motifs is 1. The third-order valence-electron chi connectivity index (χ3n) is 5.77. The van der Waals surface area contributed by atoms with Gasteiger partial charge in [0.05, 0.1) is 5.56 Å². The Bertz CT molecular complexity index is 1050. The van der Waals surface area contributed by atoms with Crippen molar-refractivity contribution in [3.05, 3.63) is 89.0 Å². The average Bonchev–Trinajstić information content (AvgIpc) is 2.73. The molecule has 1 heterocycles. The van der Waals surface area contributed by atoms with Crippen LogP contribution in [0.3, 0.4) is 0 Å². The zero-order valence-electron chi connectivity index (χ0n) is 17.9. The Hall–Kier alpha value is -3.07. The molecule has 3 heteroatoms. The molecule has 0 aromatic heterocycles. The molecule has 0 amide bonds. The molecule has 0 radical (unpaired) electrons. The topological polar surface area (TPSA) is 15.5 Å². The summed E-state index contributed by atoms with van der Waals surface area (Å²) in [4.78, 5) is 2.11. The number of benzene rings is 3. The van der Waals surface area contributed by atoms with Gasteiger partial charge < -0.3 is 9.64 Å². The lowest BCUT2D eigenvalue weighted by Gasteiger charge is -2.30. The van der Waals surface area contributed by atoms with Crippen molar-refractivity contribution in [2.75, 3.05) is 25.7 Å². The van der Waals surface area contributed by atoms with Crippen LogP contribution in [-0.4, -0.2) is 31.6 Å². The molecule has 0 aliphatic carbocycles. The lowest BCUT2D eigenvalue weighted by molar-refractivity contribution is -0.476. The standard InChI is InChI=1S/C26H29N2O/c1-19-15-20-17-28(23-13-11-22(12-14-23)27(4)5)18-29-25(20)24(16-19)26(2,3)21-9-7-6-8-10-21/h6-17H,18H2,1-5H3/q+1. The summed E-state index contributed by atoms with van der Waals surface area (Å²) in [6, 6.07) is 23.7. The minimum absolute atomic E-state index is 0.138. The summed E-state index contributed by atoms with van der Waals surface area (Å²) in [6.45, 7) is 7.21. The van der Waals surface area contributed by atoms with Gasteiger partial charge in [-0.25, -0.2) is 0 Å².